The molecule has 0 aromatic heterocycles. The van der Waals surface area contributed by atoms with E-state index >= 15 is 0 Å². The number of methoxy groups -OCH3 is 2. The van der Waals surface area contributed by atoms with Crippen molar-refractivity contribution in [1.82, 2.24) is 4.90 Å². The highest BCUT2D eigenvalue weighted by molar-refractivity contribution is 6.46. The van der Waals surface area contributed by atoms with Crippen molar-refractivity contribution >= 4 is 17.4 Å². The van der Waals surface area contributed by atoms with Gasteiger partial charge in [0.25, 0.3) is 11.7 Å². The lowest BCUT2D eigenvalue weighted by Crippen LogP contribution is -2.31. The summed E-state index contributed by atoms with van der Waals surface area (Å²) in [5, 5.41) is 11.3. The van der Waals surface area contributed by atoms with E-state index in [0.29, 0.717) is 48.0 Å². The minimum Gasteiger partial charge on any atom is -0.507 e. The first kappa shape index (κ1) is 26.1. The topological polar surface area (TPSA) is 94.5 Å². The number of ether oxygens (including phenoxy) is 4. The highest BCUT2D eigenvalue weighted by Crippen LogP contribution is 2.42. The molecule has 0 bridgehead atoms. The summed E-state index contributed by atoms with van der Waals surface area (Å²) in [5.74, 6) is -0.143. The Labute approximate surface area is 206 Å². The van der Waals surface area contributed by atoms with E-state index in [1.165, 1.54) is 19.1 Å². The Bertz CT molecular complexity index is 1090. The van der Waals surface area contributed by atoms with Crippen LogP contribution >= 0.6 is 0 Å². The number of nitrogens with zero attached hydrogens (tertiary/aromatic N) is 1. The van der Waals surface area contributed by atoms with Crippen LogP contribution in [-0.2, 0) is 14.3 Å². The molecule has 1 saturated heterocycles. The molecule has 8 heteroatoms. The van der Waals surface area contributed by atoms with Crippen LogP contribution in [0.5, 0.6) is 17.2 Å². The van der Waals surface area contributed by atoms with Crippen molar-refractivity contribution in [3.63, 3.8) is 0 Å². The van der Waals surface area contributed by atoms with Crippen LogP contribution in [0.1, 0.15) is 44.4 Å². The minimum absolute atomic E-state index is 0.0145. The Morgan fingerprint density at radius 2 is 1.80 bits per heavy atom. The lowest BCUT2D eigenvalue weighted by molar-refractivity contribution is -0.140. The highest BCUT2D eigenvalue weighted by atomic mass is 16.5. The van der Waals surface area contributed by atoms with Crippen LogP contribution in [0.2, 0.25) is 0 Å². The maximum absolute atomic E-state index is 13.2. The number of Topliss-reactive ketones (excluding diaryl/α,β-unsaturated/α-hetero) is 1. The van der Waals surface area contributed by atoms with Gasteiger partial charge in [0.1, 0.15) is 11.5 Å². The zero-order valence-electron chi connectivity index (χ0n) is 20.9. The first-order chi connectivity index (χ1) is 16.8. The van der Waals surface area contributed by atoms with Gasteiger partial charge in [-0.15, -0.1) is 0 Å². The molecular weight excluding hydrogens is 450 g/mol. The minimum atomic E-state index is -0.801. The predicted octanol–water partition coefficient (Wildman–Crippen LogP) is 4.34. The molecule has 1 unspecified atom stereocenters. The van der Waals surface area contributed by atoms with Gasteiger partial charge in [-0.1, -0.05) is 18.2 Å². The molecule has 2 aromatic carbocycles. The Hall–Kier alpha value is -3.52. The summed E-state index contributed by atoms with van der Waals surface area (Å²) >= 11 is 0. The molecule has 3 rings (SSSR count). The van der Waals surface area contributed by atoms with Gasteiger partial charge in [0.05, 0.1) is 38.5 Å². The fourth-order valence-corrected chi connectivity index (χ4v) is 4.09. The van der Waals surface area contributed by atoms with Crippen LogP contribution < -0.4 is 14.2 Å². The van der Waals surface area contributed by atoms with Gasteiger partial charge < -0.3 is 29.0 Å². The summed E-state index contributed by atoms with van der Waals surface area (Å²) in [5.41, 5.74) is 1.03. The van der Waals surface area contributed by atoms with Gasteiger partial charge in [-0.2, -0.15) is 0 Å². The number of carbonyl (C=O) groups excluding carboxylic acids is 2. The normalized spacial score (nSPS) is 17.2. The van der Waals surface area contributed by atoms with E-state index in [-0.39, 0.29) is 24.0 Å². The molecule has 1 aliphatic heterocycles. The Morgan fingerprint density at radius 3 is 2.46 bits per heavy atom. The standard InChI is InChI=1S/C27H33NO7/c1-6-34-20-10-7-9-19(15-20)25(29)23-24(18-11-12-21(32-4)22(16-18)33-5)28(27(31)26(23)30)13-8-14-35-17(2)3/h7,9-12,15-17,24,29H,6,8,13-14H2,1-5H3/b25-23-. The molecule has 2 aromatic rings. The van der Waals surface area contributed by atoms with Crippen molar-refractivity contribution in [3.05, 3.63) is 59.2 Å². The van der Waals surface area contributed by atoms with Gasteiger partial charge >= 0.3 is 0 Å². The van der Waals surface area contributed by atoms with E-state index in [9.17, 15) is 14.7 Å². The molecule has 0 spiro atoms. The first-order valence-electron chi connectivity index (χ1n) is 11.7. The van der Waals surface area contributed by atoms with Crippen LogP contribution in [-0.4, -0.2) is 61.8 Å². The number of amides is 1. The van der Waals surface area contributed by atoms with Crippen LogP contribution in [0.15, 0.2) is 48.0 Å². The zero-order valence-corrected chi connectivity index (χ0v) is 20.9. The molecule has 1 fully saturated rings. The number of carbonyl (C=O) groups is 2. The summed E-state index contributed by atoms with van der Waals surface area (Å²) in [6.07, 6.45) is 0.596. The van der Waals surface area contributed by atoms with Crippen LogP contribution in [0.25, 0.3) is 5.76 Å². The number of aliphatic hydroxyl groups excluding tert-OH is 1. The van der Waals surface area contributed by atoms with E-state index in [1.54, 1.807) is 42.5 Å². The summed E-state index contributed by atoms with van der Waals surface area (Å²) in [6.45, 7) is 6.91. The first-order valence-corrected chi connectivity index (χ1v) is 11.7. The molecule has 1 heterocycles. The van der Waals surface area contributed by atoms with Gasteiger partial charge in [-0.3, -0.25) is 9.59 Å². The fraction of sp³-hybridized carbons (Fsp3) is 0.407. The van der Waals surface area contributed by atoms with Crippen molar-refractivity contribution in [1.29, 1.82) is 0 Å². The van der Waals surface area contributed by atoms with Crippen LogP contribution in [0.3, 0.4) is 0 Å². The second kappa shape index (κ2) is 11.8. The maximum atomic E-state index is 13.2. The van der Waals surface area contributed by atoms with Gasteiger partial charge in [0.15, 0.2) is 11.5 Å². The second-order valence-electron chi connectivity index (χ2n) is 8.34. The van der Waals surface area contributed by atoms with Crippen molar-refractivity contribution in [2.24, 2.45) is 0 Å². The third kappa shape index (κ3) is 5.77. The molecule has 1 atom stereocenters. The number of hydrogen-bond donors (Lipinski definition) is 1. The SMILES string of the molecule is CCOc1cccc(/C(O)=C2/C(=O)C(=O)N(CCCOC(C)C)C2c2ccc(OC)c(OC)c2)c1. The van der Waals surface area contributed by atoms with Gasteiger partial charge in [-0.25, -0.2) is 0 Å². The molecule has 0 radical (unpaired) electrons. The largest absolute Gasteiger partial charge is 0.507 e. The summed E-state index contributed by atoms with van der Waals surface area (Å²) in [7, 11) is 3.05. The number of benzene rings is 2. The smallest absolute Gasteiger partial charge is 0.295 e. The quantitative estimate of drug-likeness (QED) is 0.220. The highest BCUT2D eigenvalue weighted by Gasteiger charge is 2.46. The second-order valence-corrected chi connectivity index (χ2v) is 8.34. The van der Waals surface area contributed by atoms with Crippen molar-refractivity contribution < 1.29 is 33.6 Å². The Morgan fingerprint density at radius 1 is 1.06 bits per heavy atom. The monoisotopic (exact) mass is 483 g/mol. The van der Waals surface area contributed by atoms with Gasteiger partial charge in [0, 0.05) is 18.7 Å². The van der Waals surface area contributed by atoms with Gasteiger partial charge in [0.2, 0.25) is 0 Å². The van der Waals surface area contributed by atoms with Crippen LogP contribution in [0, 0.1) is 0 Å². The predicted molar refractivity (Wildman–Crippen MR) is 132 cm³/mol. The lowest BCUT2D eigenvalue weighted by atomic mass is 9.95. The third-order valence-electron chi connectivity index (χ3n) is 5.68. The van der Waals surface area contributed by atoms with E-state index < -0.39 is 17.7 Å². The van der Waals surface area contributed by atoms with E-state index in [2.05, 4.69) is 0 Å². The molecule has 1 amide bonds. The molecule has 35 heavy (non-hydrogen) atoms. The zero-order chi connectivity index (χ0) is 25.5. The van der Waals surface area contributed by atoms with Crippen molar-refractivity contribution in [2.45, 2.75) is 39.3 Å². The Kier molecular flexibility index (Phi) is 8.76. The molecule has 0 saturated carbocycles. The van der Waals surface area contributed by atoms with Crippen LogP contribution in [0.4, 0.5) is 0 Å². The third-order valence-corrected chi connectivity index (χ3v) is 5.68. The molecule has 188 valence electrons. The Balaban J connectivity index is 2.10. The van der Waals surface area contributed by atoms with E-state index in [4.69, 9.17) is 18.9 Å². The number of likely N-dealkylation sites (tertiary alicyclic amines) is 1. The number of aliphatic hydroxyl groups is 1. The van der Waals surface area contributed by atoms with E-state index in [0.717, 1.165) is 0 Å². The van der Waals surface area contributed by atoms with Gasteiger partial charge in [-0.05, 0) is 57.0 Å². The number of ketones is 1. The molecule has 0 aliphatic carbocycles. The average Bonchev–Trinajstić information content (AvgIpc) is 3.10. The van der Waals surface area contributed by atoms with Crippen molar-refractivity contribution in [3.8, 4) is 17.2 Å². The lowest BCUT2D eigenvalue weighted by Gasteiger charge is -2.26. The number of hydrogen-bond acceptors (Lipinski definition) is 7. The molecule has 8 nitrogen and oxygen atoms in total. The molecule has 1 aliphatic rings. The average molecular weight is 484 g/mol. The van der Waals surface area contributed by atoms with Crippen molar-refractivity contribution in [2.75, 3.05) is 34.0 Å². The summed E-state index contributed by atoms with van der Waals surface area (Å²) in [6, 6.07) is 11.2. The summed E-state index contributed by atoms with van der Waals surface area (Å²) in [4.78, 5) is 27.8. The summed E-state index contributed by atoms with van der Waals surface area (Å²) < 4.78 is 21.9. The maximum Gasteiger partial charge on any atom is 0.295 e. The number of rotatable bonds is 11. The van der Waals surface area contributed by atoms with E-state index in [1.807, 2.05) is 20.8 Å². The molecular formula is C27H33NO7. The fourth-order valence-electron chi connectivity index (χ4n) is 4.09. The molecule has 1 N–H and O–H groups in total.